The van der Waals surface area contributed by atoms with Gasteiger partial charge >= 0.3 is 0 Å². The number of hydrogen-bond donors (Lipinski definition) is 1. The fraction of sp³-hybridized carbons (Fsp3) is 0.385. The molecule has 2 aromatic carbocycles. The van der Waals surface area contributed by atoms with Crippen LogP contribution in [0.2, 0.25) is 0 Å². The van der Waals surface area contributed by atoms with Crippen LogP contribution in [0.3, 0.4) is 0 Å². The van der Waals surface area contributed by atoms with Crippen LogP contribution in [0.5, 0.6) is 0 Å². The summed E-state index contributed by atoms with van der Waals surface area (Å²) >= 11 is 1.36. The second-order valence-electron chi connectivity index (χ2n) is 9.38. The van der Waals surface area contributed by atoms with Crippen LogP contribution in [0.4, 0.5) is 11.4 Å². The number of carbonyl (C=O) groups excluding carboxylic acids is 2. The second kappa shape index (κ2) is 10.0. The summed E-state index contributed by atoms with van der Waals surface area (Å²) in [7, 11) is 0. The van der Waals surface area contributed by atoms with Gasteiger partial charge in [-0.1, -0.05) is 68.9 Å². The van der Waals surface area contributed by atoms with Gasteiger partial charge in [0, 0.05) is 25.1 Å². The van der Waals surface area contributed by atoms with Crippen LogP contribution in [0.15, 0.2) is 53.7 Å². The highest BCUT2D eigenvalue weighted by Crippen LogP contribution is 2.30. The zero-order valence-electron chi connectivity index (χ0n) is 20.2. The van der Waals surface area contributed by atoms with Crippen LogP contribution in [0, 0.1) is 0 Å². The molecule has 7 nitrogen and oxygen atoms in total. The SMILES string of the molecule is CCn1c(SCC(=O)Nc2ccccc2N2CCCC2=O)nnc1-c1ccc(C(C)(C)C)cc1. The first kappa shape index (κ1) is 24.0. The summed E-state index contributed by atoms with van der Waals surface area (Å²) in [6.45, 7) is 10.0. The molecule has 1 fully saturated rings. The number of para-hydroxylation sites is 2. The number of nitrogens with one attached hydrogen (secondary N) is 1. The van der Waals surface area contributed by atoms with Gasteiger partial charge in [-0.25, -0.2) is 0 Å². The third kappa shape index (κ3) is 5.17. The molecule has 3 aromatic rings. The first-order valence-electron chi connectivity index (χ1n) is 11.6. The molecule has 0 spiro atoms. The Balaban J connectivity index is 1.44. The van der Waals surface area contributed by atoms with Crippen molar-refractivity contribution in [1.29, 1.82) is 0 Å². The van der Waals surface area contributed by atoms with Crippen molar-refractivity contribution >= 4 is 35.0 Å². The van der Waals surface area contributed by atoms with E-state index >= 15 is 0 Å². The highest BCUT2D eigenvalue weighted by molar-refractivity contribution is 7.99. The Hall–Kier alpha value is -3.13. The molecule has 4 rings (SSSR count). The number of carbonyl (C=O) groups is 2. The zero-order valence-corrected chi connectivity index (χ0v) is 21.0. The minimum atomic E-state index is -0.147. The molecule has 0 aliphatic carbocycles. The molecule has 178 valence electrons. The number of anilines is 2. The van der Waals surface area contributed by atoms with E-state index < -0.39 is 0 Å². The molecular weight excluding hydrogens is 446 g/mol. The fourth-order valence-electron chi connectivity index (χ4n) is 4.05. The highest BCUT2D eigenvalue weighted by Gasteiger charge is 2.24. The molecule has 0 bridgehead atoms. The molecule has 1 aliphatic heterocycles. The van der Waals surface area contributed by atoms with Gasteiger partial charge in [-0.05, 0) is 36.5 Å². The van der Waals surface area contributed by atoms with Crippen molar-refractivity contribution in [2.24, 2.45) is 0 Å². The van der Waals surface area contributed by atoms with Gasteiger partial charge in [-0.2, -0.15) is 0 Å². The molecule has 34 heavy (non-hydrogen) atoms. The molecule has 2 amide bonds. The average Bonchev–Trinajstić information content (AvgIpc) is 3.43. The minimum Gasteiger partial charge on any atom is -0.324 e. The molecular formula is C26H31N5O2S. The summed E-state index contributed by atoms with van der Waals surface area (Å²) in [5.74, 6) is 0.938. The van der Waals surface area contributed by atoms with Crippen LogP contribution in [-0.2, 0) is 21.5 Å². The molecule has 0 unspecified atom stereocenters. The Morgan fingerprint density at radius 1 is 1.09 bits per heavy atom. The van der Waals surface area contributed by atoms with E-state index in [0.29, 0.717) is 30.4 Å². The standard InChI is InChI=1S/C26H31N5O2S/c1-5-30-24(18-12-14-19(15-13-18)26(2,3)4)28-29-25(30)34-17-22(32)27-20-9-6-7-10-21(20)31-16-8-11-23(31)33/h6-7,9-10,12-15H,5,8,11,16-17H2,1-4H3,(H,27,32). The van der Waals surface area contributed by atoms with Crippen molar-refractivity contribution in [3.8, 4) is 11.4 Å². The largest absolute Gasteiger partial charge is 0.324 e. The predicted octanol–water partition coefficient (Wildman–Crippen LogP) is 5.12. The highest BCUT2D eigenvalue weighted by atomic mass is 32.2. The van der Waals surface area contributed by atoms with Gasteiger partial charge in [0.1, 0.15) is 0 Å². The maximum absolute atomic E-state index is 12.7. The van der Waals surface area contributed by atoms with Gasteiger partial charge in [0.2, 0.25) is 11.8 Å². The van der Waals surface area contributed by atoms with Crippen molar-refractivity contribution in [1.82, 2.24) is 14.8 Å². The molecule has 1 saturated heterocycles. The van der Waals surface area contributed by atoms with Crippen molar-refractivity contribution < 1.29 is 9.59 Å². The third-order valence-corrected chi connectivity index (χ3v) is 6.88. The lowest BCUT2D eigenvalue weighted by atomic mass is 9.87. The Morgan fingerprint density at radius 3 is 2.47 bits per heavy atom. The molecule has 1 N–H and O–H groups in total. The molecule has 2 heterocycles. The van der Waals surface area contributed by atoms with E-state index in [1.54, 1.807) is 4.90 Å². The molecule has 1 aliphatic rings. The van der Waals surface area contributed by atoms with E-state index in [4.69, 9.17) is 0 Å². The number of rotatable bonds is 7. The lowest BCUT2D eigenvalue weighted by Crippen LogP contribution is -2.26. The Bertz CT molecular complexity index is 1180. The van der Waals surface area contributed by atoms with E-state index in [1.807, 2.05) is 35.8 Å². The van der Waals surface area contributed by atoms with Crippen molar-refractivity contribution in [3.63, 3.8) is 0 Å². The number of hydrogen-bond acceptors (Lipinski definition) is 5. The topological polar surface area (TPSA) is 80.1 Å². The number of thioether (sulfide) groups is 1. The van der Waals surface area contributed by atoms with Gasteiger partial charge in [0.05, 0.1) is 17.1 Å². The number of benzene rings is 2. The smallest absolute Gasteiger partial charge is 0.234 e. The van der Waals surface area contributed by atoms with E-state index in [0.717, 1.165) is 23.5 Å². The maximum Gasteiger partial charge on any atom is 0.234 e. The van der Waals surface area contributed by atoms with Crippen molar-refractivity contribution in [2.45, 2.75) is 57.7 Å². The number of nitrogens with zero attached hydrogens (tertiary/aromatic N) is 4. The van der Waals surface area contributed by atoms with Gasteiger partial charge < -0.3 is 14.8 Å². The van der Waals surface area contributed by atoms with Crippen molar-refractivity contribution in [2.75, 3.05) is 22.5 Å². The van der Waals surface area contributed by atoms with Gasteiger partial charge in [-0.3, -0.25) is 9.59 Å². The van der Waals surface area contributed by atoms with Crippen LogP contribution in [0.1, 0.15) is 46.1 Å². The lowest BCUT2D eigenvalue weighted by Gasteiger charge is -2.20. The molecule has 1 aromatic heterocycles. The quantitative estimate of drug-likeness (QED) is 0.478. The minimum absolute atomic E-state index is 0.0893. The summed E-state index contributed by atoms with van der Waals surface area (Å²) in [4.78, 5) is 26.7. The van der Waals surface area contributed by atoms with Crippen LogP contribution < -0.4 is 10.2 Å². The van der Waals surface area contributed by atoms with Crippen LogP contribution in [-0.4, -0.2) is 38.9 Å². The Kier molecular flexibility index (Phi) is 7.07. The summed E-state index contributed by atoms with van der Waals surface area (Å²) in [6.07, 6.45) is 1.39. The summed E-state index contributed by atoms with van der Waals surface area (Å²) in [5.41, 5.74) is 3.76. The van der Waals surface area contributed by atoms with E-state index in [-0.39, 0.29) is 23.0 Å². The molecule has 8 heteroatoms. The first-order valence-corrected chi connectivity index (χ1v) is 12.6. The van der Waals surface area contributed by atoms with E-state index in [9.17, 15) is 9.59 Å². The van der Waals surface area contributed by atoms with Crippen LogP contribution >= 0.6 is 11.8 Å². The summed E-state index contributed by atoms with van der Waals surface area (Å²) in [6, 6.07) is 15.9. The molecule has 0 atom stereocenters. The number of aromatic nitrogens is 3. The average molecular weight is 478 g/mol. The summed E-state index contributed by atoms with van der Waals surface area (Å²) < 4.78 is 2.03. The van der Waals surface area contributed by atoms with Crippen LogP contribution in [0.25, 0.3) is 11.4 Å². The van der Waals surface area contributed by atoms with E-state index in [1.165, 1.54) is 17.3 Å². The van der Waals surface area contributed by atoms with Gasteiger partial charge in [0.25, 0.3) is 0 Å². The second-order valence-corrected chi connectivity index (χ2v) is 10.3. The summed E-state index contributed by atoms with van der Waals surface area (Å²) in [5, 5.41) is 12.4. The Morgan fingerprint density at radius 2 is 1.82 bits per heavy atom. The molecule has 0 radical (unpaired) electrons. The van der Waals surface area contributed by atoms with Gasteiger partial charge in [-0.15, -0.1) is 10.2 Å². The first-order chi connectivity index (χ1) is 16.3. The van der Waals surface area contributed by atoms with Crippen molar-refractivity contribution in [3.05, 3.63) is 54.1 Å². The lowest BCUT2D eigenvalue weighted by molar-refractivity contribution is -0.117. The van der Waals surface area contributed by atoms with Gasteiger partial charge in [0.15, 0.2) is 11.0 Å². The fourth-order valence-corrected chi connectivity index (χ4v) is 4.85. The Labute approximate surface area is 205 Å². The zero-order chi connectivity index (χ0) is 24.3. The normalized spacial score (nSPS) is 14.0. The number of amides is 2. The predicted molar refractivity (Wildman–Crippen MR) is 137 cm³/mol. The maximum atomic E-state index is 12.7. The third-order valence-electron chi connectivity index (χ3n) is 5.92. The van der Waals surface area contributed by atoms with E-state index in [2.05, 4.69) is 60.6 Å². The monoisotopic (exact) mass is 477 g/mol. The molecule has 0 saturated carbocycles.